The van der Waals surface area contributed by atoms with Crippen LogP contribution >= 0.6 is 23.8 Å². The van der Waals surface area contributed by atoms with Gasteiger partial charge in [-0.25, -0.2) is 0 Å². The Morgan fingerprint density at radius 3 is 2.52 bits per heavy atom. The van der Waals surface area contributed by atoms with Crippen molar-refractivity contribution in [1.29, 1.82) is 0 Å². The van der Waals surface area contributed by atoms with Crippen LogP contribution in [0.1, 0.15) is 30.5 Å². The van der Waals surface area contributed by atoms with E-state index in [9.17, 15) is 5.11 Å². The standard InChI is InChI=1S/C19H18ClNOS/c1-19(2,22)18-16(23)10-13-8-9-14(20)11-15(13)17(21-18)12-6-4-3-5-7-12/h3-9,11,18,22H,10H2,1-2H3. The highest BCUT2D eigenvalue weighted by Crippen LogP contribution is 2.28. The van der Waals surface area contributed by atoms with Crippen LogP contribution in [0.3, 0.4) is 0 Å². The molecule has 4 heteroatoms. The summed E-state index contributed by atoms with van der Waals surface area (Å²) in [5.41, 5.74) is 2.89. The van der Waals surface area contributed by atoms with E-state index >= 15 is 0 Å². The molecular formula is C19H18ClNOS. The van der Waals surface area contributed by atoms with Gasteiger partial charge in [-0.3, -0.25) is 4.99 Å². The van der Waals surface area contributed by atoms with E-state index in [0.717, 1.165) is 27.3 Å². The Morgan fingerprint density at radius 1 is 1.17 bits per heavy atom. The predicted molar refractivity (Wildman–Crippen MR) is 99.9 cm³/mol. The smallest absolute Gasteiger partial charge is 0.110 e. The molecule has 1 atom stereocenters. The van der Waals surface area contributed by atoms with Crippen LogP contribution < -0.4 is 0 Å². The molecule has 1 aliphatic heterocycles. The van der Waals surface area contributed by atoms with Crippen molar-refractivity contribution in [3.8, 4) is 0 Å². The number of fused-ring (bicyclic) bond motifs is 1. The van der Waals surface area contributed by atoms with Crippen molar-refractivity contribution in [2.45, 2.75) is 31.9 Å². The van der Waals surface area contributed by atoms with Crippen LogP contribution in [-0.4, -0.2) is 27.3 Å². The Labute approximate surface area is 146 Å². The van der Waals surface area contributed by atoms with Crippen molar-refractivity contribution in [2.75, 3.05) is 0 Å². The molecule has 0 fully saturated rings. The van der Waals surface area contributed by atoms with E-state index in [4.69, 9.17) is 28.8 Å². The lowest BCUT2D eigenvalue weighted by molar-refractivity contribution is 0.0740. The summed E-state index contributed by atoms with van der Waals surface area (Å²) in [4.78, 5) is 5.59. The van der Waals surface area contributed by atoms with Gasteiger partial charge in [0.1, 0.15) is 6.04 Å². The van der Waals surface area contributed by atoms with Crippen molar-refractivity contribution in [3.05, 3.63) is 70.2 Å². The number of aliphatic hydroxyl groups is 1. The van der Waals surface area contributed by atoms with Gasteiger partial charge in [-0.1, -0.05) is 60.2 Å². The van der Waals surface area contributed by atoms with E-state index in [1.54, 1.807) is 13.8 Å². The molecule has 1 unspecified atom stereocenters. The van der Waals surface area contributed by atoms with Crippen molar-refractivity contribution < 1.29 is 5.11 Å². The minimum Gasteiger partial charge on any atom is -0.388 e. The highest BCUT2D eigenvalue weighted by Gasteiger charge is 2.33. The van der Waals surface area contributed by atoms with Crippen LogP contribution in [0.15, 0.2) is 53.5 Å². The van der Waals surface area contributed by atoms with E-state index in [1.165, 1.54) is 0 Å². The van der Waals surface area contributed by atoms with Crippen molar-refractivity contribution >= 4 is 34.4 Å². The first-order chi connectivity index (χ1) is 10.9. The van der Waals surface area contributed by atoms with Gasteiger partial charge >= 0.3 is 0 Å². The summed E-state index contributed by atoms with van der Waals surface area (Å²) in [6.07, 6.45) is 0.607. The largest absolute Gasteiger partial charge is 0.388 e. The number of hydrogen-bond acceptors (Lipinski definition) is 3. The van der Waals surface area contributed by atoms with Gasteiger partial charge in [0, 0.05) is 27.4 Å². The SMILES string of the molecule is CC(C)(O)C1N=C(c2ccccc2)c2cc(Cl)ccc2CC1=S. The maximum absolute atomic E-state index is 10.5. The number of benzene rings is 2. The first-order valence-electron chi connectivity index (χ1n) is 7.53. The topological polar surface area (TPSA) is 32.6 Å². The second-order valence-electron chi connectivity index (χ2n) is 6.34. The van der Waals surface area contributed by atoms with Gasteiger partial charge in [0.15, 0.2) is 0 Å². The summed E-state index contributed by atoms with van der Waals surface area (Å²) in [5.74, 6) is 0. The molecule has 0 bridgehead atoms. The zero-order valence-corrected chi connectivity index (χ0v) is 14.7. The van der Waals surface area contributed by atoms with Crippen molar-refractivity contribution in [2.24, 2.45) is 4.99 Å². The fourth-order valence-corrected chi connectivity index (χ4v) is 3.53. The minimum absolute atomic E-state index is 0.432. The Bertz CT molecular complexity index is 778. The average Bonchev–Trinajstić information content (AvgIpc) is 2.64. The van der Waals surface area contributed by atoms with Gasteiger partial charge in [0.2, 0.25) is 0 Å². The zero-order valence-electron chi connectivity index (χ0n) is 13.1. The van der Waals surface area contributed by atoms with Crippen LogP contribution in [0.5, 0.6) is 0 Å². The average molecular weight is 344 g/mol. The fourth-order valence-electron chi connectivity index (χ4n) is 2.86. The third-order valence-electron chi connectivity index (χ3n) is 3.97. The molecule has 0 aliphatic carbocycles. The van der Waals surface area contributed by atoms with E-state index < -0.39 is 11.6 Å². The quantitative estimate of drug-likeness (QED) is 0.827. The van der Waals surface area contributed by atoms with Crippen molar-refractivity contribution in [3.63, 3.8) is 0 Å². The Hall–Kier alpha value is -1.55. The molecule has 2 aromatic rings. The number of hydrogen-bond donors (Lipinski definition) is 1. The summed E-state index contributed by atoms with van der Waals surface area (Å²) < 4.78 is 0. The Kier molecular flexibility index (Phi) is 4.37. The van der Waals surface area contributed by atoms with Crippen LogP contribution in [-0.2, 0) is 6.42 Å². The monoisotopic (exact) mass is 343 g/mol. The molecule has 0 spiro atoms. The molecule has 1 heterocycles. The molecule has 23 heavy (non-hydrogen) atoms. The fraction of sp³-hybridized carbons (Fsp3) is 0.263. The summed E-state index contributed by atoms with van der Waals surface area (Å²) in [5, 5.41) is 11.2. The van der Waals surface area contributed by atoms with E-state index in [-0.39, 0.29) is 0 Å². The molecule has 0 saturated heterocycles. The normalized spacial score (nSPS) is 18.2. The summed E-state index contributed by atoms with van der Waals surface area (Å²) in [6, 6.07) is 15.3. The van der Waals surface area contributed by atoms with Crippen LogP contribution in [0.4, 0.5) is 0 Å². The first-order valence-corrected chi connectivity index (χ1v) is 8.32. The first kappa shape index (κ1) is 16.3. The van der Waals surface area contributed by atoms with Gasteiger partial charge in [-0.2, -0.15) is 0 Å². The van der Waals surface area contributed by atoms with Crippen LogP contribution in [0.2, 0.25) is 5.02 Å². The molecule has 1 aliphatic rings. The zero-order chi connectivity index (χ0) is 16.6. The number of thiocarbonyl (C=S) groups is 1. The lowest BCUT2D eigenvalue weighted by atomic mass is 9.93. The Morgan fingerprint density at radius 2 is 1.87 bits per heavy atom. The molecule has 3 rings (SSSR count). The second kappa shape index (κ2) is 6.16. The molecular weight excluding hydrogens is 326 g/mol. The molecule has 2 nitrogen and oxygen atoms in total. The number of rotatable bonds is 2. The summed E-state index contributed by atoms with van der Waals surface area (Å²) in [7, 11) is 0. The predicted octanol–water partition coefficient (Wildman–Crippen LogP) is 4.24. The van der Waals surface area contributed by atoms with E-state index in [1.807, 2.05) is 48.5 Å². The molecule has 0 saturated carbocycles. The highest BCUT2D eigenvalue weighted by molar-refractivity contribution is 7.80. The molecule has 1 N–H and O–H groups in total. The highest BCUT2D eigenvalue weighted by atomic mass is 35.5. The second-order valence-corrected chi connectivity index (χ2v) is 7.31. The van der Waals surface area contributed by atoms with Gasteiger partial charge < -0.3 is 5.11 Å². The van der Waals surface area contributed by atoms with Gasteiger partial charge in [0.05, 0.1) is 11.3 Å². The van der Waals surface area contributed by atoms with Crippen molar-refractivity contribution in [1.82, 2.24) is 0 Å². The number of halogens is 1. The third kappa shape index (κ3) is 3.37. The summed E-state index contributed by atoms with van der Waals surface area (Å²) >= 11 is 11.8. The van der Waals surface area contributed by atoms with E-state index in [0.29, 0.717) is 11.4 Å². The number of aliphatic imine (C=N–C) groups is 1. The molecule has 0 amide bonds. The molecule has 2 aromatic carbocycles. The molecule has 118 valence electrons. The minimum atomic E-state index is -1.01. The van der Waals surface area contributed by atoms with Gasteiger partial charge in [-0.15, -0.1) is 0 Å². The molecule has 0 radical (unpaired) electrons. The summed E-state index contributed by atoms with van der Waals surface area (Å²) in [6.45, 7) is 3.50. The number of nitrogens with zero attached hydrogens (tertiary/aromatic N) is 1. The molecule has 0 aromatic heterocycles. The van der Waals surface area contributed by atoms with Crippen LogP contribution in [0.25, 0.3) is 0 Å². The third-order valence-corrected chi connectivity index (χ3v) is 4.57. The lowest BCUT2D eigenvalue weighted by Crippen LogP contribution is -2.40. The van der Waals surface area contributed by atoms with Gasteiger partial charge in [-0.05, 0) is 31.5 Å². The maximum atomic E-state index is 10.5. The van der Waals surface area contributed by atoms with E-state index in [2.05, 4.69) is 0 Å². The van der Waals surface area contributed by atoms with Crippen LogP contribution in [0, 0.1) is 0 Å². The maximum Gasteiger partial charge on any atom is 0.110 e. The lowest BCUT2D eigenvalue weighted by Gasteiger charge is -2.26. The Balaban J connectivity index is 2.25. The van der Waals surface area contributed by atoms with Gasteiger partial charge in [0.25, 0.3) is 0 Å².